The highest BCUT2D eigenvalue weighted by Gasteiger charge is 2.33. The molecule has 1 aliphatic rings. The van der Waals surface area contributed by atoms with E-state index < -0.39 is 10.0 Å². The average molecular weight is 491 g/mol. The van der Waals surface area contributed by atoms with Crippen LogP contribution in [0.25, 0.3) is 0 Å². The second-order valence-electron chi connectivity index (χ2n) is 11.2. The molecule has 0 unspecified atom stereocenters. The number of nitrogens with zero attached hydrogens (tertiary/aromatic N) is 4. The maximum atomic E-state index is 13.5. The lowest BCUT2D eigenvalue weighted by Gasteiger charge is -2.34. The van der Waals surface area contributed by atoms with Crippen LogP contribution in [0.5, 0.6) is 0 Å². The van der Waals surface area contributed by atoms with Gasteiger partial charge in [0.15, 0.2) is 5.82 Å². The molecule has 1 aromatic carbocycles. The van der Waals surface area contributed by atoms with E-state index in [-0.39, 0.29) is 36.2 Å². The highest BCUT2D eigenvalue weighted by atomic mass is 32.2. The topological polar surface area (TPSA) is 96.6 Å². The first-order chi connectivity index (χ1) is 15.6. The number of rotatable bonds is 5. The van der Waals surface area contributed by atoms with Gasteiger partial charge in [0, 0.05) is 44.4 Å². The molecule has 2 aromatic rings. The molecule has 0 bridgehead atoms. The zero-order valence-corrected chi connectivity index (χ0v) is 22.5. The van der Waals surface area contributed by atoms with Gasteiger partial charge in [-0.3, -0.25) is 4.79 Å². The van der Waals surface area contributed by atoms with E-state index in [4.69, 9.17) is 4.52 Å². The number of sulfonamides is 1. The molecule has 9 heteroatoms. The van der Waals surface area contributed by atoms with E-state index in [1.807, 2.05) is 46.8 Å². The first kappa shape index (κ1) is 26.3. The van der Waals surface area contributed by atoms with Crippen molar-refractivity contribution in [2.45, 2.75) is 84.0 Å². The lowest BCUT2D eigenvalue weighted by Crippen LogP contribution is -2.50. The fourth-order valence-corrected chi connectivity index (χ4v) is 5.96. The van der Waals surface area contributed by atoms with Gasteiger partial charge in [-0.1, -0.05) is 58.8 Å². The summed E-state index contributed by atoms with van der Waals surface area (Å²) in [5.74, 6) is 1.04. The molecule has 188 valence electrons. The maximum absolute atomic E-state index is 13.5. The standard InChI is InChI=1S/C25H38N4O4S/c1-17-15-19(24(3,4)5)16-18(2)22(17)34(31,32)29-13-11-28(12-14-29)21(30)10-9-20-26-23(27-33-20)25(6,7)8/h15-16H,9-14H2,1-8H3. The fraction of sp³-hybridized carbons (Fsp3) is 0.640. The summed E-state index contributed by atoms with van der Waals surface area (Å²) in [6.07, 6.45) is 0.629. The van der Waals surface area contributed by atoms with Gasteiger partial charge in [-0.2, -0.15) is 9.29 Å². The molecule has 1 saturated heterocycles. The van der Waals surface area contributed by atoms with E-state index in [2.05, 4.69) is 30.9 Å². The molecule has 0 saturated carbocycles. The van der Waals surface area contributed by atoms with Crippen molar-refractivity contribution in [1.29, 1.82) is 0 Å². The molecule has 0 aliphatic carbocycles. The van der Waals surface area contributed by atoms with Crippen molar-refractivity contribution in [3.8, 4) is 0 Å². The van der Waals surface area contributed by atoms with Gasteiger partial charge in [0.1, 0.15) is 0 Å². The zero-order valence-electron chi connectivity index (χ0n) is 21.7. The number of piperazine rings is 1. The number of carbonyl (C=O) groups is 1. The van der Waals surface area contributed by atoms with Gasteiger partial charge in [-0.15, -0.1) is 0 Å². The number of carbonyl (C=O) groups excluding carboxylic acids is 1. The zero-order chi connectivity index (χ0) is 25.5. The molecule has 0 N–H and O–H groups in total. The minimum atomic E-state index is -3.64. The summed E-state index contributed by atoms with van der Waals surface area (Å²) in [4.78, 5) is 19.2. The summed E-state index contributed by atoms with van der Waals surface area (Å²) in [6, 6.07) is 3.95. The van der Waals surface area contributed by atoms with Crippen LogP contribution in [0.1, 0.15) is 76.4 Å². The van der Waals surface area contributed by atoms with Crippen molar-refractivity contribution < 1.29 is 17.7 Å². The van der Waals surface area contributed by atoms with Gasteiger partial charge in [-0.05, 0) is 36.0 Å². The first-order valence-corrected chi connectivity index (χ1v) is 13.3. The quantitative estimate of drug-likeness (QED) is 0.633. The summed E-state index contributed by atoms with van der Waals surface area (Å²) in [7, 11) is -3.64. The third-order valence-electron chi connectivity index (χ3n) is 6.21. The summed E-state index contributed by atoms with van der Waals surface area (Å²) in [5.41, 5.74) is 2.37. The number of hydrogen-bond acceptors (Lipinski definition) is 6. The Kier molecular flexibility index (Phi) is 7.30. The van der Waals surface area contributed by atoms with Gasteiger partial charge in [0.2, 0.25) is 21.8 Å². The van der Waals surface area contributed by atoms with Crippen LogP contribution in [0.3, 0.4) is 0 Å². The minimum Gasteiger partial charge on any atom is -0.340 e. The summed E-state index contributed by atoms with van der Waals surface area (Å²) in [5, 5.41) is 3.99. The summed E-state index contributed by atoms with van der Waals surface area (Å²) < 4.78 is 33.7. The van der Waals surface area contributed by atoms with Crippen molar-refractivity contribution in [1.82, 2.24) is 19.3 Å². The molecule has 34 heavy (non-hydrogen) atoms. The van der Waals surface area contributed by atoms with Crippen LogP contribution in [0.15, 0.2) is 21.6 Å². The minimum absolute atomic E-state index is 0.0329. The van der Waals surface area contributed by atoms with Crippen molar-refractivity contribution >= 4 is 15.9 Å². The summed E-state index contributed by atoms with van der Waals surface area (Å²) >= 11 is 0. The molecule has 1 amide bonds. The Hall–Kier alpha value is -2.26. The van der Waals surface area contributed by atoms with Gasteiger partial charge in [-0.25, -0.2) is 8.42 Å². The SMILES string of the molecule is Cc1cc(C(C)(C)C)cc(C)c1S(=O)(=O)N1CCN(C(=O)CCc2nc(C(C)(C)C)no2)CC1. The molecule has 1 fully saturated rings. The van der Waals surface area contributed by atoms with Crippen molar-refractivity contribution in [3.05, 3.63) is 40.5 Å². The van der Waals surface area contributed by atoms with Crippen LogP contribution in [0, 0.1) is 13.8 Å². The van der Waals surface area contributed by atoms with Gasteiger partial charge >= 0.3 is 0 Å². The third-order valence-corrected chi connectivity index (χ3v) is 8.41. The second kappa shape index (κ2) is 9.41. The molecule has 0 atom stereocenters. The normalized spacial score (nSPS) is 16.2. The van der Waals surface area contributed by atoms with Crippen LogP contribution in [-0.4, -0.2) is 59.8 Å². The largest absolute Gasteiger partial charge is 0.340 e. The van der Waals surface area contributed by atoms with Crippen LogP contribution >= 0.6 is 0 Å². The Balaban J connectivity index is 1.63. The summed E-state index contributed by atoms with van der Waals surface area (Å²) in [6.45, 7) is 17.4. The molecule has 1 aliphatic heterocycles. The van der Waals surface area contributed by atoms with Crippen LogP contribution in [0.2, 0.25) is 0 Å². The molecule has 0 spiro atoms. The van der Waals surface area contributed by atoms with Crippen LogP contribution in [-0.2, 0) is 32.1 Å². The molecular formula is C25H38N4O4S. The van der Waals surface area contributed by atoms with Crippen molar-refractivity contribution in [2.24, 2.45) is 0 Å². The van der Waals surface area contributed by atoms with Gasteiger partial charge in [0.25, 0.3) is 0 Å². The number of benzene rings is 1. The van der Waals surface area contributed by atoms with Gasteiger partial charge < -0.3 is 9.42 Å². The molecular weight excluding hydrogens is 452 g/mol. The Morgan fingerprint density at radius 2 is 1.53 bits per heavy atom. The van der Waals surface area contributed by atoms with E-state index in [0.29, 0.717) is 36.1 Å². The molecule has 3 rings (SSSR count). The lowest BCUT2D eigenvalue weighted by atomic mass is 9.85. The fourth-order valence-electron chi connectivity index (χ4n) is 4.13. The Morgan fingerprint density at radius 3 is 2.00 bits per heavy atom. The predicted molar refractivity (Wildman–Crippen MR) is 131 cm³/mol. The van der Waals surface area contributed by atoms with Crippen molar-refractivity contribution in [2.75, 3.05) is 26.2 Å². The van der Waals surface area contributed by atoms with Crippen molar-refractivity contribution in [3.63, 3.8) is 0 Å². The first-order valence-electron chi connectivity index (χ1n) is 11.8. The van der Waals surface area contributed by atoms with Gasteiger partial charge in [0.05, 0.1) is 4.90 Å². The van der Waals surface area contributed by atoms with E-state index in [1.54, 1.807) is 4.90 Å². The Morgan fingerprint density at radius 1 is 0.971 bits per heavy atom. The predicted octanol–water partition coefficient (Wildman–Crippen LogP) is 3.75. The smallest absolute Gasteiger partial charge is 0.243 e. The number of amides is 1. The Labute approximate surface area is 203 Å². The molecule has 8 nitrogen and oxygen atoms in total. The second-order valence-corrected chi connectivity index (χ2v) is 13.1. The number of aromatic nitrogens is 2. The lowest BCUT2D eigenvalue weighted by molar-refractivity contribution is -0.132. The van der Waals surface area contributed by atoms with Crippen LogP contribution < -0.4 is 0 Å². The highest BCUT2D eigenvalue weighted by Crippen LogP contribution is 2.31. The third kappa shape index (κ3) is 5.68. The molecule has 0 radical (unpaired) electrons. The number of hydrogen-bond donors (Lipinski definition) is 0. The van der Waals surface area contributed by atoms with E-state index in [1.165, 1.54) is 4.31 Å². The Bertz CT molecular complexity index is 1130. The van der Waals surface area contributed by atoms with E-state index in [9.17, 15) is 13.2 Å². The monoisotopic (exact) mass is 490 g/mol. The highest BCUT2D eigenvalue weighted by molar-refractivity contribution is 7.89. The van der Waals surface area contributed by atoms with E-state index >= 15 is 0 Å². The molecule has 1 aromatic heterocycles. The number of aryl methyl sites for hydroxylation is 3. The van der Waals surface area contributed by atoms with Crippen LogP contribution in [0.4, 0.5) is 0 Å². The molecule has 2 heterocycles. The maximum Gasteiger partial charge on any atom is 0.243 e. The van der Waals surface area contributed by atoms with E-state index in [0.717, 1.165) is 16.7 Å². The average Bonchev–Trinajstić information content (AvgIpc) is 3.20.